The maximum absolute atomic E-state index is 14.5. The highest BCUT2D eigenvalue weighted by atomic mass is 35.5. The number of benzene rings is 1. The number of nitrogens with one attached hydrogen (secondary N) is 1. The molecule has 13 heteroatoms. The quantitative estimate of drug-likeness (QED) is 0.673. The summed E-state index contributed by atoms with van der Waals surface area (Å²) in [5, 5.41) is 2.46. The second-order valence-corrected chi connectivity index (χ2v) is 7.27. The SMILES string of the molecule is CN(CC(=O)Nc1ncc(Cl)cn1)C(=O)c1ccc(C(F)(F)F)c(F)c1C1CC1(F)F. The molecule has 1 aliphatic carbocycles. The molecule has 2 amide bonds. The van der Waals surface area contributed by atoms with Crippen LogP contribution >= 0.6 is 11.6 Å². The number of nitrogens with zero attached hydrogens (tertiary/aromatic N) is 3. The summed E-state index contributed by atoms with van der Waals surface area (Å²) in [6.07, 6.45) is -3.61. The van der Waals surface area contributed by atoms with Gasteiger partial charge >= 0.3 is 6.18 Å². The maximum atomic E-state index is 14.5. The number of hydrogen-bond donors (Lipinski definition) is 1. The van der Waals surface area contributed by atoms with Crippen molar-refractivity contribution in [3.05, 3.63) is 52.1 Å². The van der Waals surface area contributed by atoms with Crippen molar-refractivity contribution in [1.29, 1.82) is 0 Å². The summed E-state index contributed by atoms with van der Waals surface area (Å²) in [6, 6.07) is 0.941. The highest BCUT2D eigenvalue weighted by Crippen LogP contribution is 2.57. The number of carbonyl (C=O) groups is 2. The fourth-order valence-electron chi connectivity index (χ4n) is 2.90. The van der Waals surface area contributed by atoms with E-state index >= 15 is 0 Å². The normalized spacial score (nSPS) is 17.2. The highest BCUT2D eigenvalue weighted by Gasteiger charge is 2.60. The van der Waals surface area contributed by atoms with Gasteiger partial charge in [0.05, 0.1) is 35.4 Å². The average Bonchev–Trinajstić information content (AvgIpc) is 3.29. The van der Waals surface area contributed by atoms with Crippen LogP contribution in [0.5, 0.6) is 0 Å². The average molecular weight is 467 g/mol. The first kappa shape index (κ1) is 22.8. The van der Waals surface area contributed by atoms with Crippen LogP contribution in [0, 0.1) is 5.82 Å². The zero-order valence-electron chi connectivity index (χ0n) is 15.6. The van der Waals surface area contributed by atoms with Gasteiger partial charge in [-0.05, 0) is 12.1 Å². The molecule has 1 aromatic carbocycles. The van der Waals surface area contributed by atoms with E-state index in [1.54, 1.807) is 0 Å². The molecule has 2 aromatic rings. The summed E-state index contributed by atoms with van der Waals surface area (Å²) in [4.78, 5) is 32.9. The number of likely N-dealkylation sites (N-methyl/N-ethyl adjacent to an activating group) is 1. The van der Waals surface area contributed by atoms with E-state index in [4.69, 9.17) is 11.6 Å². The summed E-state index contributed by atoms with van der Waals surface area (Å²) >= 11 is 5.61. The lowest BCUT2D eigenvalue weighted by atomic mass is 9.97. The molecular formula is C18H13ClF6N4O2. The van der Waals surface area contributed by atoms with Crippen molar-refractivity contribution in [2.75, 3.05) is 18.9 Å². The third-order valence-corrected chi connectivity index (χ3v) is 4.68. The molecule has 1 aliphatic rings. The van der Waals surface area contributed by atoms with Crippen LogP contribution in [0.1, 0.15) is 33.8 Å². The van der Waals surface area contributed by atoms with Crippen molar-refractivity contribution in [1.82, 2.24) is 14.9 Å². The summed E-state index contributed by atoms with van der Waals surface area (Å²) in [7, 11) is 1.11. The molecule has 1 saturated carbocycles. The maximum Gasteiger partial charge on any atom is 0.419 e. The lowest BCUT2D eigenvalue weighted by Gasteiger charge is -2.20. The molecule has 1 aromatic heterocycles. The zero-order chi connectivity index (χ0) is 23.1. The Morgan fingerprint density at radius 3 is 2.35 bits per heavy atom. The topological polar surface area (TPSA) is 75.2 Å². The molecule has 0 radical (unpaired) electrons. The van der Waals surface area contributed by atoms with Gasteiger partial charge in [0, 0.05) is 24.6 Å². The van der Waals surface area contributed by atoms with Gasteiger partial charge in [-0.1, -0.05) is 11.6 Å². The fourth-order valence-corrected chi connectivity index (χ4v) is 3.00. The van der Waals surface area contributed by atoms with Crippen LogP contribution in [0.2, 0.25) is 5.02 Å². The van der Waals surface area contributed by atoms with Gasteiger partial charge in [0.1, 0.15) is 5.82 Å². The van der Waals surface area contributed by atoms with Crippen LogP contribution in [0.4, 0.5) is 32.3 Å². The molecule has 166 valence electrons. The van der Waals surface area contributed by atoms with E-state index in [-0.39, 0.29) is 11.0 Å². The van der Waals surface area contributed by atoms with E-state index in [1.165, 1.54) is 12.4 Å². The van der Waals surface area contributed by atoms with Crippen molar-refractivity contribution in [2.24, 2.45) is 0 Å². The first-order valence-corrected chi connectivity index (χ1v) is 8.99. The van der Waals surface area contributed by atoms with Crippen LogP contribution < -0.4 is 5.32 Å². The van der Waals surface area contributed by atoms with Crippen molar-refractivity contribution >= 4 is 29.4 Å². The summed E-state index contributed by atoms with van der Waals surface area (Å²) in [5.41, 5.74) is -3.44. The molecule has 3 rings (SSSR count). The Morgan fingerprint density at radius 2 is 1.84 bits per heavy atom. The van der Waals surface area contributed by atoms with E-state index in [2.05, 4.69) is 15.3 Å². The zero-order valence-corrected chi connectivity index (χ0v) is 16.4. The van der Waals surface area contributed by atoms with Gasteiger partial charge < -0.3 is 4.90 Å². The number of rotatable bonds is 5. The monoisotopic (exact) mass is 466 g/mol. The Balaban J connectivity index is 1.84. The number of carbonyl (C=O) groups excluding carboxylic acids is 2. The molecule has 31 heavy (non-hydrogen) atoms. The standard InChI is InChI=1S/C18H13ClF6N4O2/c1-29(7-12(30)28-16-26-5-8(19)6-27-16)15(31)9-2-3-10(18(23,24)25)14(20)13(9)11-4-17(11,21)22/h2-3,5-6,11H,4,7H2,1H3,(H,26,27,28,30). The van der Waals surface area contributed by atoms with Crippen molar-refractivity contribution in [3.8, 4) is 0 Å². The largest absolute Gasteiger partial charge is 0.419 e. The van der Waals surface area contributed by atoms with Crippen molar-refractivity contribution < 1.29 is 35.9 Å². The van der Waals surface area contributed by atoms with E-state index in [0.717, 1.165) is 11.9 Å². The molecule has 6 nitrogen and oxygen atoms in total. The Bertz CT molecular complexity index is 1030. The van der Waals surface area contributed by atoms with Crippen LogP contribution in [0.25, 0.3) is 0 Å². The molecular weight excluding hydrogens is 454 g/mol. The highest BCUT2D eigenvalue weighted by molar-refractivity contribution is 6.30. The van der Waals surface area contributed by atoms with Gasteiger partial charge in [-0.25, -0.2) is 23.1 Å². The first-order chi connectivity index (χ1) is 14.3. The molecule has 1 heterocycles. The molecule has 1 N–H and O–H groups in total. The van der Waals surface area contributed by atoms with E-state index in [9.17, 15) is 35.9 Å². The van der Waals surface area contributed by atoms with Gasteiger partial charge in [0.2, 0.25) is 11.9 Å². The molecule has 0 spiro atoms. The summed E-state index contributed by atoms with van der Waals surface area (Å²) < 4.78 is 80.7. The molecule has 1 atom stereocenters. The Kier molecular flexibility index (Phi) is 5.87. The number of anilines is 1. The molecule has 0 aliphatic heterocycles. The van der Waals surface area contributed by atoms with E-state index in [0.29, 0.717) is 12.1 Å². The van der Waals surface area contributed by atoms with Gasteiger partial charge in [-0.15, -0.1) is 0 Å². The Morgan fingerprint density at radius 1 is 1.26 bits per heavy atom. The Hall–Kier alpha value is -2.89. The minimum atomic E-state index is -5.13. The smallest absolute Gasteiger partial charge is 0.332 e. The second kappa shape index (κ2) is 7.98. The number of halogens is 7. The second-order valence-electron chi connectivity index (χ2n) is 6.84. The first-order valence-electron chi connectivity index (χ1n) is 8.61. The van der Waals surface area contributed by atoms with Gasteiger partial charge in [0.25, 0.3) is 11.8 Å². The minimum absolute atomic E-state index is 0.130. The third-order valence-electron chi connectivity index (χ3n) is 4.49. The minimum Gasteiger partial charge on any atom is -0.332 e. The summed E-state index contributed by atoms with van der Waals surface area (Å²) in [6.45, 7) is -0.631. The number of aromatic nitrogens is 2. The van der Waals surface area contributed by atoms with Crippen molar-refractivity contribution in [3.63, 3.8) is 0 Å². The van der Waals surface area contributed by atoms with Crippen LogP contribution in [-0.4, -0.2) is 46.2 Å². The molecule has 0 saturated heterocycles. The van der Waals surface area contributed by atoms with Crippen molar-refractivity contribution in [2.45, 2.75) is 24.4 Å². The van der Waals surface area contributed by atoms with Gasteiger partial charge in [0.15, 0.2) is 0 Å². The predicted molar refractivity (Wildman–Crippen MR) is 96.3 cm³/mol. The summed E-state index contributed by atoms with van der Waals surface area (Å²) in [5.74, 6) is -9.23. The molecule has 1 unspecified atom stereocenters. The predicted octanol–water partition coefficient (Wildman–Crippen LogP) is 4.12. The number of alkyl halides is 5. The van der Waals surface area contributed by atoms with E-state index in [1.807, 2.05) is 0 Å². The van der Waals surface area contributed by atoms with Gasteiger partial charge in [-0.3, -0.25) is 14.9 Å². The Labute approximate surface area is 176 Å². The van der Waals surface area contributed by atoms with E-state index < -0.39 is 65.3 Å². The van der Waals surface area contributed by atoms with Crippen LogP contribution in [0.15, 0.2) is 24.5 Å². The fraction of sp³-hybridized carbons (Fsp3) is 0.333. The third kappa shape index (κ3) is 4.89. The number of hydrogen-bond acceptors (Lipinski definition) is 4. The molecule has 0 bridgehead atoms. The lowest BCUT2D eigenvalue weighted by molar-refractivity contribution is -0.140. The van der Waals surface area contributed by atoms with Gasteiger partial charge in [-0.2, -0.15) is 13.2 Å². The lowest BCUT2D eigenvalue weighted by Crippen LogP contribution is -2.36. The molecule has 1 fully saturated rings. The van der Waals surface area contributed by atoms with Crippen LogP contribution in [0.3, 0.4) is 0 Å². The number of amides is 2. The van der Waals surface area contributed by atoms with Crippen LogP contribution in [-0.2, 0) is 11.0 Å².